The highest BCUT2D eigenvalue weighted by Crippen LogP contribution is 2.17. The van der Waals surface area contributed by atoms with Crippen LogP contribution in [-0.2, 0) is 24.2 Å². The molecule has 3 aromatic rings. The molecule has 0 aliphatic carbocycles. The van der Waals surface area contributed by atoms with E-state index < -0.39 is 17.9 Å². The number of nitrogens with two attached hydrogens (primary N) is 1. The predicted octanol–water partition coefficient (Wildman–Crippen LogP) is 2.34. The average Bonchev–Trinajstić information content (AvgIpc) is 2.75. The molecule has 7 heteroatoms. The molecule has 0 saturated carbocycles. The summed E-state index contributed by atoms with van der Waals surface area (Å²) in [6, 6.07) is 13.4. The first kappa shape index (κ1) is 20.8. The van der Waals surface area contributed by atoms with Crippen LogP contribution in [0.15, 0.2) is 53.3 Å². The molecule has 2 heterocycles. The highest BCUT2D eigenvalue weighted by molar-refractivity contribution is 5.99. The van der Waals surface area contributed by atoms with Crippen molar-refractivity contribution in [3.63, 3.8) is 0 Å². The molecule has 160 valence electrons. The summed E-state index contributed by atoms with van der Waals surface area (Å²) in [7, 11) is 0. The summed E-state index contributed by atoms with van der Waals surface area (Å²) in [6.45, 7) is 0.680. The maximum Gasteiger partial charge on any atom is 0.261 e. The summed E-state index contributed by atoms with van der Waals surface area (Å²) in [5.74, 6) is -0.250. The molecule has 31 heavy (non-hydrogen) atoms. The number of amides is 2. The molecular weight excluding hydrogens is 392 g/mol. The van der Waals surface area contributed by atoms with Crippen LogP contribution in [-0.4, -0.2) is 27.4 Å². The Bertz CT molecular complexity index is 1170. The zero-order chi connectivity index (χ0) is 21.8. The molecule has 2 amide bonds. The van der Waals surface area contributed by atoms with Crippen LogP contribution in [0.1, 0.15) is 47.4 Å². The van der Waals surface area contributed by atoms with Crippen LogP contribution in [0.3, 0.4) is 0 Å². The van der Waals surface area contributed by atoms with E-state index in [0.29, 0.717) is 29.4 Å². The number of nitrogens with zero attached hydrogens (tertiary/aromatic N) is 2. The molecule has 0 saturated heterocycles. The lowest BCUT2D eigenvalue weighted by atomic mass is 10.0. The Morgan fingerprint density at radius 1 is 1.06 bits per heavy atom. The number of carbonyl (C=O) groups is 2. The molecular formula is C24H26N4O3. The molecule has 2 aromatic carbocycles. The van der Waals surface area contributed by atoms with E-state index in [4.69, 9.17) is 10.7 Å². The second-order valence-electron chi connectivity index (χ2n) is 8.00. The van der Waals surface area contributed by atoms with Crippen LogP contribution in [0.5, 0.6) is 0 Å². The van der Waals surface area contributed by atoms with Gasteiger partial charge in [0.05, 0.1) is 10.9 Å². The molecule has 0 bridgehead atoms. The fraction of sp³-hybridized carbons (Fsp3) is 0.333. The number of hydrogen-bond acceptors (Lipinski definition) is 4. The van der Waals surface area contributed by atoms with Crippen LogP contribution in [0.4, 0.5) is 0 Å². The normalized spacial score (nSPS) is 14.8. The van der Waals surface area contributed by atoms with E-state index in [2.05, 4.69) is 5.32 Å². The standard InChI is InChI=1S/C24H26N4O3/c25-22(29)20(14-16-8-4-3-5-9-16)27-23(30)17-11-12-18-19(15-17)26-21-10-6-1-2-7-13-28(21)24(18)31/h3-5,8-9,11-12,15,20H,1-2,6-7,10,13-14H2,(H2,25,29)(H,27,30). The first-order valence-corrected chi connectivity index (χ1v) is 10.7. The molecule has 0 radical (unpaired) electrons. The third-order valence-electron chi connectivity index (χ3n) is 5.76. The Kier molecular flexibility index (Phi) is 6.11. The zero-order valence-electron chi connectivity index (χ0n) is 17.3. The Labute approximate surface area is 180 Å². The summed E-state index contributed by atoms with van der Waals surface area (Å²) in [6.07, 6.45) is 5.28. The molecule has 7 nitrogen and oxygen atoms in total. The zero-order valence-corrected chi connectivity index (χ0v) is 17.3. The van der Waals surface area contributed by atoms with Crippen molar-refractivity contribution in [2.45, 2.75) is 51.1 Å². The predicted molar refractivity (Wildman–Crippen MR) is 119 cm³/mol. The van der Waals surface area contributed by atoms with Crippen molar-refractivity contribution >= 4 is 22.7 Å². The fourth-order valence-electron chi connectivity index (χ4n) is 4.05. The van der Waals surface area contributed by atoms with Crippen molar-refractivity contribution in [3.05, 3.63) is 75.8 Å². The third kappa shape index (κ3) is 4.66. The molecule has 1 aliphatic heterocycles. The summed E-state index contributed by atoms with van der Waals surface area (Å²) >= 11 is 0. The van der Waals surface area contributed by atoms with Gasteiger partial charge in [0, 0.05) is 24.9 Å². The van der Waals surface area contributed by atoms with E-state index in [1.165, 1.54) is 0 Å². The van der Waals surface area contributed by atoms with Crippen molar-refractivity contribution < 1.29 is 9.59 Å². The van der Waals surface area contributed by atoms with Crippen molar-refractivity contribution in [1.29, 1.82) is 0 Å². The van der Waals surface area contributed by atoms with Gasteiger partial charge < -0.3 is 11.1 Å². The first-order valence-electron chi connectivity index (χ1n) is 10.7. The lowest BCUT2D eigenvalue weighted by molar-refractivity contribution is -0.119. The summed E-state index contributed by atoms with van der Waals surface area (Å²) < 4.78 is 1.77. The summed E-state index contributed by atoms with van der Waals surface area (Å²) in [5.41, 5.74) is 7.20. The van der Waals surface area contributed by atoms with Gasteiger partial charge in [0.15, 0.2) is 0 Å². The van der Waals surface area contributed by atoms with Crippen molar-refractivity contribution in [1.82, 2.24) is 14.9 Å². The number of hydrogen-bond donors (Lipinski definition) is 2. The largest absolute Gasteiger partial charge is 0.368 e. The van der Waals surface area contributed by atoms with E-state index in [0.717, 1.165) is 43.5 Å². The number of primary amides is 1. The van der Waals surface area contributed by atoms with Crippen LogP contribution >= 0.6 is 0 Å². The number of benzene rings is 2. The minimum absolute atomic E-state index is 0.0621. The minimum atomic E-state index is -0.833. The lowest BCUT2D eigenvalue weighted by Gasteiger charge is -2.17. The van der Waals surface area contributed by atoms with E-state index in [-0.39, 0.29) is 5.56 Å². The van der Waals surface area contributed by atoms with E-state index in [1.54, 1.807) is 22.8 Å². The van der Waals surface area contributed by atoms with Gasteiger partial charge >= 0.3 is 0 Å². The molecule has 0 spiro atoms. The van der Waals surface area contributed by atoms with Crippen LogP contribution < -0.4 is 16.6 Å². The minimum Gasteiger partial charge on any atom is -0.368 e. The number of rotatable bonds is 5. The van der Waals surface area contributed by atoms with Gasteiger partial charge in [0.25, 0.3) is 11.5 Å². The highest BCUT2D eigenvalue weighted by atomic mass is 16.2. The maximum absolute atomic E-state index is 13.0. The fourth-order valence-corrected chi connectivity index (χ4v) is 4.05. The van der Waals surface area contributed by atoms with E-state index in [1.807, 2.05) is 30.3 Å². The molecule has 1 atom stereocenters. The highest BCUT2D eigenvalue weighted by Gasteiger charge is 2.20. The lowest BCUT2D eigenvalue weighted by Crippen LogP contribution is -2.45. The van der Waals surface area contributed by atoms with Gasteiger partial charge in [-0.2, -0.15) is 0 Å². The second kappa shape index (κ2) is 9.12. The molecule has 1 aliphatic rings. The average molecular weight is 418 g/mol. The second-order valence-corrected chi connectivity index (χ2v) is 8.00. The van der Waals surface area contributed by atoms with Gasteiger partial charge in [-0.15, -0.1) is 0 Å². The quantitative estimate of drug-likeness (QED) is 0.663. The summed E-state index contributed by atoms with van der Waals surface area (Å²) in [5, 5.41) is 3.21. The molecule has 4 rings (SSSR count). The van der Waals surface area contributed by atoms with E-state index in [9.17, 15) is 14.4 Å². The third-order valence-corrected chi connectivity index (χ3v) is 5.76. The number of carbonyl (C=O) groups excluding carboxylic acids is 2. The topological polar surface area (TPSA) is 107 Å². The van der Waals surface area contributed by atoms with Crippen LogP contribution in [0.2, 0.25) is 0 Å². The van der Waals surface area contributed by atoms with Crippen molar-refractivity contribution in [2.75, 3.05) is 0 Å². The smallest absolute Gasteiger partial charge is 0.261 e. The Balaban J connectivity index is 1.61. The number of nitrogens with one attached hydrogen (secondary N) is 1. The van der Waals surface area contributed by atoms with Gasteiger partial charge in [-0.3, -0.25) is 19.0 Å². The van der Waals surface area contributed by atoms with Gasteiger partial charge in [-0.05, 0) is 36.6 Å². The van der Waals surface area contributed by atoms with E-state index >= 15 is 0 Å². The van der Waals surface area contributed by atoms with Gasteiger partial charge in [-0.25, -0.2) is 4.98 Å². The van der Waals surface area contributed by atoms with Crippen molar-refractivity contribution in [3.8, 4) is 0 Å². The molecule has 1 aromatic heterocycles. The van der Waals surface area contributed by atoms with Crippen LogP contribution in [0.25, 0.3) is 10.9 Å². The molecule has 0 fully saturated rings. The van der Waals surface area contributed by atoms with Crippen molar-refractivity contribution in [2.24, 2.45) is 5.73 Å². The monoisotopic (exact) mass is 418 g/mol. The van der Waals surface area contributed by atoms with Crippen LogP contribution in [0, 0.1) is 0 Å². The number of aromatic nitrogens is 2. The van der Waals surface area contributed by atoms with Gasteiger partial charge in [0.1, 0.15) is 11.9 Å². The maximum atomic E-state index is 13.0. The summed E-state index contributed by atoms with van der Waals surface area (Å²) in [4.78, 5) is 42.4. The Morgan fingerprint density at radius 3 is 2.61 bits per heavy atom. The number of fused-ring (bicyclic) bond motifs is 2. The molecule has 1 unspecified atom stereocenters. The van der Waals surface area contributed by atoms with Gasteiger partial charge in [-0.1, -0.05) is 43.2 Å². The first-order chi connectivity index (χ1) is 15.0. The number of aryl methyl sites for hydroxylation is 1. The Morgan fingerprint density at radius 2 is 1.84 bits per heavy atom. The Hall–Kier alpha value is -3.48. The molecule has 3 N–H and O–H groups in total. The van der Waals surface area contributed by atoms with Gasteiger partial charge in [0.2, 0.25) is 5.91 Å². The SMILES string of the molecule is NC(=O)C(Cc1ccccc1)NC(=O)c1ccc2c(=O)n3c(nc2c1)CCCCCC3.